The van der Waals surface area contributed by atoms with Crippen molar-refractivity contribution in [2.75, 3.05) is 32.7 Å². The Morgan fingerprint density at radius 1 is 1.28 bits per heavy atom. The Labute approximate surface area is 162 Å². The lowest BCUT2D eigenvalue weighted by atomic mass is 10.1. The molecule has 0 radical (unpaired) electrons. The Morgan fingerprint density at radius 3 is 2.68 bits per heavy atom. The van der Waals surface area contributed by atoms with Crippen molar-refractivity contribution < 1.29 is 4.79 Å². The topological polar surface area (TPSA) is 75.1 Å². The van der Waals surface area contributed by atoms with Crippen molar-refractivity contribution in [2.24, 2.45) is 0 Å². The monoisotopic (exact) mass is 392 g/mol. The zero-order valence-electron chi connectivity index (χ0n) is 15.0. The molecule has 1 amide bonds. The predicted molar refractivity (Wildman–Crippen MR) is 103 cm³/mol. The summed E-state index contributed by atoms with van der Waals surface area (Å²) in [6.07, 6.45) is 4.46. The van der Waals surface area contributed by atoms with E-state index in [0.29, 0.717) is 24.3 Å². The van der Waals surface area contributed by atoms with E-state index in [2.05, 4.69) is 32.8 Å². The second-order valence-electron chi connectivity index (χ2n) is 6.58. The molecular formula is C16H30Cl2N6O. The van der Waals surface area contributed by atoms with Crippen LogP contribution in [0, 0.1) is 6.92 Å². The molecule has 7 nitrogen and oxygen atoms in total. The van der Waals surface area contributed by atoms with Crippen molar-refractivity contribution in [3.05, 3.63) is 11.4 Å². The zero-order valence-corrected chi connectivity index (χ0v) is 16.7. The lowest BCUT2D eigenvalue weighted by Crippen LogP contribution is -2.40. The first-order chi connectivity index (χ1) is 11.2. The number of halogens is 2. The van der Waals surface area contributed by atoms with Crippen LogP contribution in [0.5, 0.6) is 0 Å². The van der Waals surface area contributed by atoms with Crippen LogP contribution < -0.4 is 10.6 Å². The van der Waals surface area contributed by atoms with Crippen molar-refractivity contribution in [1.82, 2.24) is 30.5 Å². The summed E-state index contributed by atoms with van der Waals surface area (Å²) >= 11 is 0. The summed E-state index contributed by atoms with van der Waals surface area (Å²) in [7, 11) is 0. The number of carbonyl (C=O) groups is 1. The highest BCUT2D eigenvalue weighted by Gasteiger charge is 2.26. The molecule has 1 unspecified atom stereocenters. The number of aromatic nitrogens is 3. The number of hydrogen-bond donors (Lipinski definition) is 2. The third-order valence-electron chi connectivity index (χ3n) is 5.20. The quantitative estimate of drug-likeness (QED) is 0.795. The molecule has 2 fully saturated rings. The van der Waals surface area contributed by atoms with Gasteiger partial charge in [-0.05, 0) is 58.8 Å². The first-order valence-electron chi connectivity index (χ1n) is 8.85. The van der Waals surface area contributed by atoms with Crippen LogP contribution in [0.2, 0.25) is 0 Å². The van der Waals surface area contributed by atoms with Crippen LogP contribution in [0.4, 0.5) is 0 Å². The van der Waals surface area contributed by atoms with Crippen LogP contribution in [0.25, 0.3) is 0 Å². The fraction of sp³-hybridized carbons (Fsp3) is 0.812. The molecule has 1 atom stereocenters. The summed E-state index contributed by atoms with van der Waals surface area (Å²) in [4.78, 5) is 14.9. The van der Waals surface area contributed by atoms with Crippen LogP contribution in [0.1, 0.15) is 54.8 Å². The van der Waals surface area contributed by atoms with E-state index in [9.17, 15) is 4.79 Å². The van der Waals surface area contributed by atoms with Gasteiger partial charge in [0.15, 0.2) is 5.69 Å². The molecule has 2 aliphatic rings. The fourth-order valence-electron chi connectivity index (χ4n) is 3.79. The van der Waals surface area contributed by atoms with E-state index >= 15 is 0 Å². The minimum atomic E-state index is -0.0920. The molecule has 144 valence electrons. The molecule has 1 aromatic heterocycles. The Hall–Kier alpha value is -0.890. The molecule has 0 aromatic carbocycles. The van der Waals surface area contributed by atoms with Crippen LogP contribution in [-0.4, -0.2) is 64.6 Å². The lowest BCUT2D eigenvalue weighted by Gasteiger charge is -2.23. The van der Waals surface area contributed by atoms with Crippen LogP contribution in [0.15, 0.2) is 0 Å². The minimum Gasteiger partial charge on any atom is -0.349 e. The third-order valence-corrected chi connectivity index (χ3v) is 5.20. The number of rotatable bonds is 5. The summed E-state index contributed by atoms with van der Waals surface area (Å²) in [5.74, 6) is -0.0920. The first-order valence-corrected chi connectivity index (χ1v) is 8.85. The molecule has 3 heterocycles. The molecule has 9 heteroatoms. The van der Waals surface area contributed by atoms with Crippen LogP contribution in [-0.2, 0) is 0 Å². The minimum absolute atomic E-state index is 0. The van der Waals surface area contributed by atoms with Crippen LogP contribution >= 0.6 is 24.8 Å². The van der Waals surface area contributed by atoms with Gasteiger partial charge in [0.25, 0.3) is 5.91 Å². The molecule has 0 bridgehead atoms. The Bertz CT molecular complexity index is 547. The number of likely N-dealkylation sites (N-methyl/N-ethyl adjacent to an activating group) is 1. The van der Waals surface area contributed by atoms with Gasteiger partial charge in [-0.25, -0.2) is 4.68 Å². The average molecular weight is 393 g/mol. The highest BCUT2D eigenvalue weighted by Crippen LogP contribution is 2.20. The maximum Gasteiger partial charge on any atom is 0.273 e. The second kappa shape index (κ2) is 10.3. The van der Waals surface area contributed by atoms with Gasteiger partial charge >= 0.3 is 0 Å². The number of nitrogens with zero attached hydrogens (tertiary/aromatic N) is 4. The number of hydrogen-bond acceptors (Lipinski definition) is 5. The maximum absolute atomic E-state index is 12.5. The number of nitrogens with one attached hydrogen (secondary N) is 2. The summed E-state index contributed by atoms with van der Waals surface area (Å²) in [6, 6.07) is 0.819. The van der Waals surface area contributed by atoms with Crippen molar-refractivity contribution in [1.29, 1.82) is 0 Å². The molecular weight excluding hydrogens is 363 g/mol. The fourth-order valence-corrected chi connectivity index (χ4v) is 3.79. The van der Waals surface area contributed by atoms with Gasteiger partial charge in [-0.15, -0.1) is 29.9 Å². The average Bonchev–Trinajstić information content (AvgIpc) is 3.19. The highest BCUT2D eigenvalue weighted by molar-refractivity contribution is 5.93. The van der Waals surface area contributed by atoms with Gasteiger partial charge in [0.2, 0.25) is 0 Å². The maximum atomic E-state index is 12.5. The van der Waals surface area contributed by atoms with Gasteiger partial charge in [-0.1, -0.05) is 12.1 Å². The molecule has 2 saturated heterocycles. The SMILES string of the molecule is CCN1CCCC1CNC(=O)c1nnn(C2CCNCC2)c1C.Cl.Cl. The van der Waals surface area contributed by atoms with Crippen molar-refractivity contribution in [2.45, 2.75) is 51.6 Å². The largest absolute Gasteiger partial charge is 0.349 e. The number of carbonyl (C=O) groups excluding carboxylic acids is 1. The van der Waals surface area contributed by atoms with E-state index in [0.717, 1.165) is 51.1 Å². The second-order valence-corrected chi connectivity index (χ2v) is 6.58. The van der Waals surface area contributed by atoms with E-state index in [4.69, 9.17) is 0 Å². The molecule has 25 heavy (non-hydrogen) atoms. The van der Waals surface area contributed by atoms with Gasteiger partial charge in [0.1, 0.15) is 0 Å². The standard InChI is InChI=1S/C16H28N6O.2ClH/c1-3-21-10-4-5-14(21)11-18-16(23)15-12(2)22(20-19-15)13-6-8-17-9-7-13;;/h13-14,17H,3-11H2,1-2H3,(H,18,23);2*1H. The molecule has 2 N–H and O–H groups in total. The Kier molecular flexibility index (Phi) is 9.13. The molecule has 0 aliphatic carbocycles. The smallest absolute Gasteiger partial charge is 0.273 e. The molecule has 3 rings (SSSR count). The van der Waals surface area contributed by atoms with E-state index < -0.39 is 0 Å². The van der Waals surface area contributed by atoms with Crippen LogP contribution in [0.3, 0.4) is 0 Å². The van der Waals surface area contributed by atoms with Gasteiger partial charge in [0, 0.05) is 12.6 Å². The molecule has 2 aliphatic heterocycles. The summed E-state index contributed by atoms with van der Waals surface area (Å²) < 4.78 is 1.93. The molecule has 0 spiro atoms. The van der Waals surface area contributed by atoms with Gasteiger partial charge in [0.05, 0.1) is 11.7 Å². The molecule has 1 aromatic rings. The molecule has 0 saturated carbocycles. The lowest BCUT2D eigenvalue weighted by molar-refractivity contribution is 0.0935. The Balaban J connectivity index is 0.00000156. The zero-order chi connectivity index (χ0) is 16.2. The van der Waals surface area contributed by atoms with E-state index in [1.165, 1.54) is 6.42 Å². The number of piperidine rings is 1. The normalized spacial score (nSPS) is 21.4. The van der Waals surface area contributed by atoms with E-state index in [-0.39, 0.29) is 30.7 Å². The van der Waals surface area contributed by atoms with Gasteiger partial charge in [-0.2, -0.15) is 0 Å². The van der Waals surface area contributed by atoms with E-state index in [1.54, 1.807) is 0 Å². The van der Waals surface area contributed by atoms with Gasteiger partial charge in [-0.3, -0.25) is 9.69 Å². The van der Waals surface area contributed by atoms with Crippen molar-refractivity contribution >= 4 is 30.7 Å². The summed E-state index contributed by atoms with van der Waals surface area (Å²) in [5.41, 5.74) is 1.36. The highest BCUT2D eigenvalue weighted by atomic mass is 35.5. The summed E-state index contributed by atoms with van der Waals surface area (Å²) in [6.45, 7) is 9.01. The third kappa shape index (κ3) is 5.06. The van der Waals surface area contributed by atoms with Gasteiger partial charge < -0.3 is 10.6 Å². The first kappa shape index (κ1) is 22.2. The van der Waals surface area contributed by atoms with Crippen molar-refractivity contribution in [3.8, 4) is 0 Å². The number of amides is 1. The predicted octanol–water partition coefficient (Wildman–Crippen LogP) is 1.57. The van der Waals surface area contributed by atoms with Crippen molar-refractivity contribution in [3.63, 3.8) is 0 Å². The Morgan fingerprint density at radius 2 is 2.00 bits per heavy atom. The summed E-state index contributed by atoms with van der Waals surface area (Å²) in [5, 5.41) is 14.8. The number of likely N-dealkylation sites (tertiary alicyclic amines) is 1. The van der Waals surface area contributed by atoms with E-state index in [1.807, 2.05) is 11.6 Å².